The highest BCUT2D eigenvalue weighted by Crippen LogP contribution is 2.24. The van der Waals surface area contributed by atoms with Gasteiger partial charge in [0.2, 0.25) is 0 Å². The molecule has 0 unspecified atom stereocenters. The van der Waals surface area contributed by atoms with Crippen LogP contribution in [0.3, 0.4) is 0 Å². The highest BCUT2D eigenvalue weighted by Gasteiger charge is 2.03. The molecule has 78 valence electrons. The Bertz CT molecular complexity index is 489. The SMILES string of the molecule is Cc1ccc2cc(CBr)c(CBr)cc2c1. The highest BCUT2D eigenvalue weighted by molar-refractivity contribution is 9.09. The van der Waals surface area contributed by atoms with Crippen LogP contribution in [0.25, 0.3) is 10.8 Å². The molecule has 0 bridgehead atoms. The number of rotatable bonds is 2. The monoisotopic (exact) mass is 326 g/mol. The number of benzene rings is 2. The van der Waals surface area contributed by atoms with E-state index >= 15 is 0 Å². The lowest BCUT2D eigenvalue weighted by molar-refractivity contribution is 1.32. The zero-order chi connectivity index (χ0) is 10.8. The third-order valence-corrected chi connectivity index (χ3v) is 3.81. The molecule has 0 aliphatic rings. The van der Waals surface area contributed by atoms with Gasteiger partial charge in [0.1, 0.15) is 0 Å². The van der Waals surface area contributed by atoms with E-state index < -0.39 is 0 Å². The van der Waals surface area contributed by atoms with E-state index in [0.717, 1.165) is 10.7 Å². The summed E-state index contributed by atoms with van der Waals surface area (Å²) in [4.78, 5) is 0. The standard InChI is InChI=1S/C13H12Br2/c1-9-2-3-10-5-12(7-14)13(8-15)6-11(10)4-9/h2-6H,7-8H2,1H3. The first kappa shape index (κ1) is 11.2. The van der Waals surface area contributed by atoms with E-state index in [1.165, 1.54) is 27.5 Å². The van der Waals surface area contributed by atoms with E-state index in [-0.39, 0.29) is 0 Å². The number of hydrogen-bond donors (Lipinski definition) is 0. The summed E-state index contributed by atoms with van der Waals surface area (Å²) >= 11 is 7.06. The van der Waals surface area contributed by atoms with Crippen LogP contribution in [0.1, 0.15) is 16.7 Å². The summed E-state index contributed by atoms with van der Waals surface area (Å²) in [5.41, 5.74) is 4.04. The third-order valence-electron chi connectivity index (χ3n) is 2.60. The largest absolute Gasteiger partial charge is 0.0876 e. The first-order chi connectivity index (χ1) is 7.24. The van der Waals surface area contributed by atoms with Gasteiger partial charge in [-0.05, 0) is 34.9 Å². The van der Waals surface area contributed by atoms with Crippen LogP contribution in [0.15, 0.2) is 30.3 Å². The Morgan fingerprint density at radius 1 is 0.867 bits per heavy atom. The second kappa shape index (κ2) is 4.67. The summed E-state index contributed by atoms with van der Waals surface area (Å²) in [5.74, 6) is 0. The lowest BCUT2D eigenvalue weighted by Gasteiger charge is -2.07. The Morgan fingerprint density at radius 2 is 1.47 bits per heavy atom. The Labute approximate surface area is 107 Å². The van der Waals surface area contributed by atoms with Crippen molar-refractivity contribution in [3.05, 3.63) is 47.0 Å². The molecule has 0 spiro atoms. The van der Waals surface area contributed by atoms with Crippen molar-refractivity contribution < 1.29 is 0 Å². The van der Waals surface area contributed by atoms with Gasteiger partial charge in [-0.15, -0.1) is 0 Å². The van der Waals surface area contributed by atoms with Gasteiger partial charge >= 0.3 is 0 Å². The van der Waals surface area contributed by atoms with Crippen molar-refractivity contribution in [2.24, 2.45) is 0 Å². The van der Waals surface area contributed by atoms with E-state index in [1.807, 2.05) is 0 Å². The zero-order valence-electron chi connectivity index (χ0n) is 8.56. The van der Waals surface area contributed by atoms with E-state index in [2.05, 4.69) is 69.1 Å². The maximum Gasteiger partial charge on any atom is 0.0286 e. The van der Waals surface area contributed by atoms with Crippen LogP contribution in [-0.4, -0.2) is 0 Å². The molecular weight excluding hydrogens is 316 g/mol. The molecular formula is C13H12Br2. The maximum absolute atomic E-state index is 3.53. The zero-order valence-corrected chi connectivity index (χ0v) is 11.7. The fourth-order valence-corrected chi connectivity index (χ4v) is 2.80. The van der Waals surface area contributed by atoms with Crippen LogP contribution < -0.4 is 0 Å². The van der Waals surface area contributed by atoms with E-state index in [0.29, 0.717) is 0 Å². The molecule has 0 aliphatic heterocycles. The Kier molecular flexibility index (Phi) is 3.47. The Hall–Kier alpha value is -0.340. The molecule has 2 rings (SSSR count). The maximum atomic E-state index is 3.53. The van der Waals surface area contributed by atoms with Gasteiger partial charge in [-0.25, -0.2) is 0 Å². The molecule has 0 nitrogen and oxygen atoms in total. The van der Waals surface area contributed by atoms with Crippen LogP contribution in [0.5, 0.6) is 0 Å². The van der Waals surface area contributed by atoms with Crippen LogP contribution >= 0.6 is 31.9 Å². The summed E-state index contributed by atoms with van der Waals surface area (Å²) in [7, 11) is 0. The smallest absolute Gasteiger partial charge is 0.0286 e. The molecule has 0 amide bonds. The molecule has 0 N–H and O–H groups in total. The summed E-state index contributed by atoms with van der Waals surface area (Å²) in [5, 5.41) is 4.48. The van der Waals surface area contributed by atoms with Gasteiger partial charge in [0, 0.05) is 10.7 Å². The average molecular weight is 328 g/mol. The minimum absolute atomic E-state index is 0.914. The van der Waals surface area contributed by atoms with Crippen molar-refractivity contribution in [3.8, 4) is 0 Å². The van der Waals surface area contributed by atoms with Gasteiger partial charge in [-0.1, -0.05) is 61.7 Å². The van der Waals surface area contributed by atoms with Crippen molar-refractivity contribution in [3.63, 3.8) is 0 Å². The van der Waals surface area contributed by atoms with Gasteiger partial charge in [-0.3, -0.25) is 0 Å². The number of fused-ring (bicyclic) bond motifs is 1. The van der Waals surface area contributed by atoms with E-state index in [4.69, 9.17) is 0 Å². The fourth-order valence-electron chi connectivity index (χ4n) is 1.76. The first-order valence-electron chi connectivity index (χ1n) is 4.88. The topological polar surface area (TPSA) is 0 Å². The van der Waals surface area contributed by atoms with Crippen LogP contribution in [0.2, 0.25) is 0 Å². The summed E-state index contributed by atoms with van der Waals surface area (Å²) in [6.07, 6.45) is 0. The molecule has 0 atom stereocenters. The summed E-state index contributed by atoms with van der Waals surface area (Å²) in [6, 6.07) is 11.1. The number of hydrogen-bond acceptors (Lipinski definition) is 0. The summed E-state index contributed by atoms with van der Waals surface area (Å²) < 4.78 is 0. The minimum atomic E-state index is 0.914. The lowest BCUT2D eigenvalue weighted by atomic mass is 10.0. The molecule has 0 fully saturated rings. The van der Waals surface area contributed by atoms with Crippen molar-refractivity contribution >= 4 is 42.6 Å². The molecule has 0 aliphatic carbocycles. The molecule has 15 heavy (non-hydrogen) atoms. The van der Waals surface area contributed by atoms with Gasteiger partial charge in [0.15, 0.2) is 0 Å². The van der Waals surface area contributed by atoms with Crippen molar-refractivity contribution in [1.29, 1.82) is 0 Å². The van der Waals surface area contributed by atoms with Crippen molar-refractivity contribution in [2.75, 3.05) is 0 Å². The summed E-state index contributed by atoms with van der Waals surface area (Å²) in [6.45, 7) is 2.13. The van der Waals surface area contributed by atoms with Crippen molar-refractivity contribution in [1.82, 2.24) is 0 Å². The second-order valence-corrected chi connectivity index (χ2v) is 4.86. The Balaban J connectivity index is 2.69. The van der Waals surface area contributed by atoms with Gasteiger partial charge in [0.05, 0.1) is 0 Å². The van der Waals surface area contributed by atoms with E-state index in [1.54, 1.807) is 0 Å². The number of alkyl halides is 2. The second-order valence-electron chi connectivity index (χ2n) is 3.74. The molecule has 0 saturated carbocycles. The molecule has 0 heterocycles. The molecule has 2 heteroatoms. The van der Waals surface area contributed by atoms with E-state index in [9.17, 15) is 0 Å². The highest BCUT2D eigenvalue weighted by atomic mass is 79.9. The molecule has 0 saturated heterocycles. The van der Waals surface area contributed by atoms with Gasteiger partial charge in [-0.2, -0.15) is 0 Å². The fraction of sp³-hybridized carbons (Fsp3) is 0.231. The predicted octanol–water partition coefficient (Wildman–Crippen LogP) is 4.94. The molecule has 2 aromatic rings. The molecule has 2 aromatic carbocycles. The normalized spacial score (nSPS) is 10.9. The number of aryl methyl sites for hydroxylation is 1. The van der Waals surface area contributed by atoms with Crippen molar-refractivity contribution in [2.45, 2.75) is 17.6 Å². The van der Waals surface area contributed by atoms with Crippen LogP contribution in [0.4, 0.5) is 0 Å². The average Bonchev–Trinajstić information content (AvgIpc) is 2.27. The quantitative estimate of drug-likeness (QED) is 0.685. The lowest BCUT2D eigenvalue weighted by Crippen LogP contribution is -1.88. The Morgan fingerprint density at radius 3 is 2.07 bits per heavy atom. The minimum Gasteiger partial charge on any atom is -0.0876 e. The number of halogens is 2. The molecule has 0 radical (unpaired) electrons. The molecule has 0 aromatic heterocycles. The first-order valence-corrected chi connectivity index (χ1v) is 7.13. The van der Waals surface area contributed by atoms with Gasteiger partial charge in [0.25, 0.3) is 0 Å². The van der Waals surface area contributed by atoms with Crippen LogP contribution in [0, 0.1) is 6.92 Å². The van der Waals surface area contributed by atoms with Crippen LogP contribution in [-0.2, 0) is 10.7 Å². The third kappa shape index (κ3) is 2.26. The van der Waals surface area contributed by atoms with Gasteiger partial charge < -0.3 is 0 Å². The predicted molar refractivity (Wildman–Crippen MR) is 73.9 cm³/mol.